The molecule has 0 unspecified atom stereocenters. The molecular weight excluding hydrogens is 314 g/mol. The van der Waals surface area contributed by atoms with Gasteiger partial charge in [0.1, 0.15) is 0 Å². The molecule has 1 atom stereocenters. The second kappa shape index (κ2) is 6.35. The van der Waals surface area contributed by atoms with Crippen LogP contribution in [0.2, 0.25) is 0 Å². The van der Waals surface area contributed by atoms with Crippen LogP contribution in [-0.4, -0.2) is 53.6 Å². The molecule has 0 N–H and O–H groups in total. The van der Waals surface area contributed by atoms with Crippen LogP contribution < -0.4 is 4.90 Å². The van der Waals surface area contributed by atoms with Gasteiger partial charge in [-0.25, -0.2) is 9.97 Å². The smallest absolute Gasteiger partial charge is 0.225 e. The van der Waals surface area contributed by atoms with Crippen molar-refractivity contribution in [1.29, 1.82) is 0 Å². The van der Waals surface area contributed by atoms with Crippen LogP contribution in [-0.2, 0) is 23.3 Å². The van der Waals surface area contributed by atoms with Gasteiger partial charge in [0.15, 0.2) is 0 Å². The van der Waals surface area contributed by atoms with Crippen LogP contribution >= 0.6 is 0 Å². The summed E-state index contributed by atoms with van der Waals surface area (Å²) in [6.45, 7) is 6.39. The van der Waals surface area contributed by atoms with Crippen LogP contribution in [0.5, 0.6) is 0 Å². The number of likely N-dealkylation sites (tertiary alicyclic amines) is 1. The number of fused-ring (bicyclic) bond motifs is 2. The van der Waals surface area contributed by atoms with Gasteiger partial charge in [-0.2, -0.15) is 0 Å². The van der Waals surface area contributed by atoms with E-state index in [0.717, 1.165) is 44.3 Å². The molecule has 1 spiro atoms. The monoisotopic (exact) mass is 339 g/mol. The fourth-order valence-corrected chi connectivity index (χ4v) is 3.96. The molecule has 2 aliphatic heterocycles. The Morgan fingerprint density at radius 2 is 2.20 bits per heavy atom. The lowest BCUT2D eigenvalue weighted by molar-refractivity contribution is 0.0498. The standard InChI is InChI=1S/C19H25N5O/c1-14-16-11-25-13-19(17(16)22-18(21-14)23(2)3)6-8-24(12-19)10-15-5-4-7-20-9-15/h4-5,7,9H,6,8,10-13H2,1-3H3/t19-/m1/s1. The summed E-state index contributed by atoms with van der Waals surface area (Å²) in [6.07, 6.45) is 4.85. The summed E-state index contributed by atoms with van der Waals surface area (Å²) in [5, 5.41) is 0. The zero-order chi connectivity index (χ0) is 17.4. The van der Waals surface area contributed by atoms with Gasteiger partial charge >= 0.3 is 0 Å². The summed E-state index contributed by atoms with van der Waals surface area (Å²) in [5.74, 6) is 0.795. The van der Waals surface area contributed by atoms with Crippen molar-refractivity contribution < 1.29 is 4.74 Å². The molecule has 2 aromatic heterocycles. The first-order chi connectivity index (χ1) is 12.1. The fraction of sp³-hybridized carbons (Fsp3) is 0.526. The molecule has 0 bridgehead atoms. The summed E-state index contributed by atoms with van der Waals surface area (Å²) >= 11 is 0. The Bertz CT molecular complexity index is 764. The average Bonchev–Trinajstić information content (AvgIpc) is 3.00. The predicted molar refractivity (Wildman–Crippen MR) is 96.6 cm³/mol. The highest BCUT2D eigenvalue weighted by Gasteiger charge is 2.45. The van der Waals surface area contributed by atoms with Crippen molar-refractivity contribution in [2.45, 2.75) is 31.9 Å². The lowest BCUT2D eigenvalue weighted by Gasteiger charge is -2.35. The topological polar surface area (TPSA) is 54.4 Å². The number of aromatic nitrogens is 3. The number of hydrogen-bond acceptors (Lipinski definition) is 6. The zero-order valence-corrected chi connectivity index (χ0v) is 15.2. The number of aryl methyl sites for hydroxylation is 1. The Morgan fingerprint density at radius 1 is 1.32 bits per heavy atom. The Balaban J connectivity index is 1.64. The van der Waals surface area contributed by atoms with Gasteiger partial charge in [0.2, 0.25) is 5.95 Å². The molecule has 0 aromatic carbocycles. The molecule has 1 fully saturated rings. The molecule has 2 aliphatic rings. The highest BCUT2D eigenvalue weighted by Crippen LogP contribution is 2.40. The third kappa shape index (κ3) is 3.00. The normalized spacial score (nSPS) is 23.0. The Morgan fingerprint density at radius 3 is 2.96 bits per heavy atom. The number of rotatable bonds is 3. The fourth-order valence-electron chi connectivity index (χ4n) is 3.96. The van der Waals surface area contributed by atoms with E-state index in [0.29, 0.717) is 6.61 Å². The van der Waals surface area contributed by atoms with Crippen LogP contribution in [0, 0.1) is 6.92 Å². The highest BCUT2D eigenvalue weighted by molar-refractivity contribution is 5.41. The summed E-state index contributed by atoms with van der Waals surface area (Å²) in [7, 11) is 3.99. The van der Waals surface area contributed by atoms with E-state index in [4.69, 9.17) is 9.72 Å². The minimum absolute atomic E-state index is 0.0196. The zero-order valence-electron chi connectivity index (χ0n) is 15.2. The number of pyridine rings is 1. The highest BCUT2D eigenvalue weighted by atomic mass is 16.5. The SMILES string of the molecule is Cc1nc(N(C)C)nc2c1COC[C@]21CCN(Cc2cccnc2)C1. The third-order valence-corrected chi connectivity index (χ3v) is 5.29. The van der Waals surface area contributed by atoms with Crippen molar-refractivity contribution >= 4 is 5.95 Å². The van der Waals surface area contributed by atoms with E-state index in [2.05, 4.69) is 27.9 Å². The number of ether oxygens (including phenoxy) is 1. The maximum absolute atomic E-state index is 5.98. The van der Waals surface area contributed by atoms with Crippen molar-refractivity contribution in [3.05, 3.63) is 47.0 Å². The molecule has 0 amide bonds. The Hall–Kier alpha value is -2.05. The summed E-state index contributed by atoms with van der Waals surface area (Å²) in [4.78, 5) is 18.3. The van der Waals surface area contributed by atoms with Gasteiger partial charge in [0.05, 0.1) is 24.3 Å². The molecule has 0 aliphatic carbocycles. The molecule has 4 heterocycles. The van der Waals surface area contributed by atoms with Crippen molar-refractivity contribution in [3.8, 4) is 0 Å². The molecule has 2 aromatic rings. The van der Waals surface area contributed by atoms with Crippen LogP contribution in [0.1, 0.15) is 28.9 Å². The number of hydrogen-bond donors (Lipinski definition) is 0. The minimum Gasteiger partial charge on any atom is -0.376 e. The summed E-state index contributed by atoms with van der Waals surface area (Å²) in [6, 6.07) is 4.14. The molecule has 1 saturated heterocycles. The first-order valence-electron chi connectivity index (χ1n) is 8.82. The van der Waals surface area contributed by atoms with Gasteiger partial charge in [-0.05, 0) is 31.5 Å². The largest absolute Gasteiger partial charge is 0.376 e. The van der Waals surface area contributed by atoms with E-state index in [9.17, 15) is 0 Å². The maximum Gasteiger partial charge on any atom is 0.225 e. The molecule has 6 heteroatoms. The maximum atomic E-state index is 5.98. The lowest BCUT2D eigenvalue weighted by atomic mass is 9.80. The first kappa shape index (κ1) is 16.4. The third-order valence-electron chi connectivity index (χ3n) is 5.29. The van der Waals surface area contributed by atoms with Crippen molar-refractivity contribution in [1.82, 2.24) is 19.9 Å². The van der Waals surface area contributed by atoms with Crippen LogP contribution in [0.25, 0.3) is 0 Å². The van der Waals surface area contributed by atoms with Crippen molar-refractivity contribution in [3.63, 3.8) is 0 Å². The predicted octanol–water partition coefficient (Wildman–Crippen LogP) is 1.92. The van der Waals surface area contributed by atoms with Gasteiger partial charge in [0.25, 0.3) is 0 Å². The number of nitrogens with zero attached hydrogens (tertiary/aromatic N) is 5. The molecule has 0 saturated carbocycles. The summed E-state index contributed by atoms with van der Waals surface area (Å²) in [5.41, 5.74) is 4.65. The van der Waals surface area contributed by atoms with E-state index >= 15 is 0 Å². The van der Waals surface area contributed by atoms with Crippen LogP contribution in [0.4, 0.5) is 5.95 Å². The second-order valence-corrected chi connectivity index (χ2v) is 7.43. The van der Waals surface area contributed by atoms with E-state index in [1.54, 1.807) is 0 Å². The molecule has 6 nitrogen and oxygen atoms in total. The summed E-state index contributed by atoms with van der Waals surface area (Å²) < 4.78 is 5.98. The van der Waals surface area contributed by atoms with E-state index in [1.807, 2.05) is 37.5 Å². The van der Waals surface area contributed by atoms with Crippen LogP contribution in [0.3, 0.4) is 0 Å². The second-order valence-electron chi connectivity index (χ2n) is 7.43. The Labute approximate surface area is 148 Å². The van der Waals surface area contributed by atoms with Crippen LogP contribution in [0.15, 0.2) is 24.5 Å². The number of anilines is 1. The van der Waals surface area contributed by atoms with E-state index < -0.39 is 0 Å². The molecule has 4 rings (SSSR count). The van der Waals surface area contributed by atoms with Gasteiger partial charge in [-0.15, -0.1) is 0 Å². The van der Waals surface area contributed by atoms with E-state index in [1.165, 1.54) is 16.8 Å². The lowest BCUT2D eigenvalue weighted by Crippen LogP contribution is -2.41. The van der Waals surface area contributed by atoms with E-state index in [-0.39, 0.29) is 5.41 Å². The van der Waals surface area contributed by atoms with Gasteiger partial charge < -0.3 is 9.64 Å². The molecular formula is C19H25N5O. The first-order valence-corrected chi connectivity index (χ1v) is 8.82. The minimum atomic E-state index is -0.0196. The molecule has 25 heavy (non-hydrogen) atoms. The quantitative estimate of drug-likeness (QED) is 0.852. The molecule has 0 radical (unpaired) electrons. The van der Waals surface area contributed by atoms with Gasteiger partial charge in [-0.1, -0.05) is 6.07 Å². The van der Waals surface area contributed by atoms with Gasteiger partial charge in [-0.3, -0.25) is 9.88 Å². The van der Waals surface area contributed by atoms with Gasteiger partial charge in [0, 0.05) is 50.8 Å². The molecule has 132 valence electrons. The Kier molecular flexibility index (Phi) is 4.17. The van der Waals surface area contributed by atoms with Crippen molar-refractivity contribution in [2.24, 2.45) is 0 Å². The average molecular weight is 339 g/mol. The van der Waals surface area contributed by atoms with Crippen molar-refractivity contribution in [2.75, 3.05) is 38.7 Å².